The fourth-order valence-electron chi connectivity index (χ4n) is 3.84. The van der Waals surface area contributed by atoms with E-state index in [0.717, 1.165) is 40.9 Å². The van der Waals surface area contributed by atoms with E-state index in [-0.39, 0.29) is 5.91 Å². The van der Waals surface area contributed by atoms with Gasteiger partial charge in [0.15, 0.2) is 11.5 Å². The van der Waals surface area contributed by atoms with Crippen LogP contribution in [0.5, 0.6) is 0 Å². The number of hydrogen-bond donors (Lipinski definition) is 1. The van der Waals surface area contributed by atoms with E-state index >= 15 is 0 Å². The van der Waals surface area contributed by atoms with Crippen molar-refractivity contribution in [1.82, 2.24) is 14.6 Å². The molecule has 4 rings (SSSR count). The summed E-state index contributed by atoms with van der Waals surface area (Å²) in [6.07, 6.45) is 3.65. The maximum absolute atomic E-state index is 11.8. The number of aromatic nitrogens is 3. The first kappa shape index (κ1) is 17.5. The first-order valence-electron chi connectivity index (χ1n) is 9.54. The van der Waals surface area contributed by atoms with Gasteiger partial charge in [0.25, 0.3) is 0 Å². The molecule has 3 heterocycles. The van der Waals surface area contributed by atoms with Crippen molar-refractivity contribution in [2.45, 2.75) is 40.0 Å². The zero-order valence-corrected chi connectivity index (χ0v) is 16.1. The van der Waals surface area contributed by atoms with Crippen molar-refractivity contribution in [3.05, 3.63) is 41.6 Å². The summed E-state index contributed by atoms with van der Waals surface area (Å²) in [6, 6.07) is 9.91. The molecule has 1 amide bonds. The Labute approximate surface area is 159 Å². The summed E-state index contributed by atoms with van der Waals surface area (Å²) in [5, 5.41) is 6.21. The Morgan fingerprint density at radius 1 is 1.04 bits per heavy atom. The Kier molecular flexibility index (Phi) is 4.56. The maximum atomic E-state index is 11.8. The number of hydrogen-bond acceptors (Lipinski definition) is 4. The van der Waals surface area contributed by atoms with Gasteiger partial charge in [-0.15, -0.1) is 0 Å². The van der Waals surface area contributed by atoms with Crippen LogP contribution < -0.4 is 10.3 Å². The normalized spacial score (nSPS) is 14.6. The molecule has 27 heavy (non-hydrogen) atoms. The number of fused-ring (bicyclic) bond motifs is 1. The van der Waals surface area contributed by atoms with Crippen LogP contribution in [0.3, 0.4) is 0 Å². The Morgan fingerprint density at radius 3 is 2.41 bits per heavy atom. The lowest BCUT2D eigenvalue weighted by atomic mass is 10.2. The SMILES string of the molecule is CC(=O)Nc1nc(-c2ccccc2)nc2c1c(C)c(C)n2N1CCCCC1. The molecular formula is C21H25N5O. The Morgan fingerprint density at radius 2 is 1.74 bits per heavy atom. The summed E-state index contributed by atoms with van der Waals surface area (Å²) < 4.78 is 2.23. The molecular weight excluding hydrogens is 338 g/mol. The van der Waals surface area contributed by atoms with Gasteiger partial charge in [-0.1, -0.05) is 30.3 Å². The lowest BCUT2D eigenvalue weighted by molar-refractivity contribution is -0.114. The second-order valence-electron chi connectivity index (χ2n) is 7.18. The van der Waals surface area contributed by atoms with Crippen molar-refractivity contribution in [2.24, 2.45) is 0 Å². The summed E-state index contributed by atoms with van der Waals surface area (Å²) in [6.45, 7) is 7.74. The third-order valence-corrected chi connectivity index (χ3v) is 5.27. The molecule has 6 heteroatoms. The van der Waals surface area contributed by atoms with E-state index in [2.05, 4.69) is 28.8 Å². The Balaban J connectivity index is 1.98. The molecule has 3 aromatic rings. The third kappa shape index (κ3) is 3.16. The van der Waals surface area contributed by atoms with E-state index in [1.807, 2.05) is 30.3 Å². The van der Waals surface area contributed by atoms with Crippen LogP contribution >= 0.6 is 0 Å². The van der Waals surface area contributed by atoms with Crippen LogP contribution in [0, 0.1) is 13.8 Å². The molecule has 1 fully saturated rings. The lowest BCUT2D eigenvalue weighted by Crippen LogP contribution is -2.39. The van der Waals surface area contributed by atoms with Gasteiger partial charge >= 0.3 is 0 Å². The molecule has 0 spiro atoms. The zero-order valence-electron chi connectivity index (χ0n) is 16.1. The highest BCUT2D eigenvalue weighted by molar-refractivity contribution is 6.00. The van der Waals surface area contributed by atoms with Crippen LogP contribution in [0.4, 0.5) is 5.82 Å². The van der Waals surface area contributed by atoms with Crippen molar-refractivity contribution < 1.29 is 4.79 Å². The lowest BCUT2D eigenvalue weighted by Gasteiger charge is -2.31. The standard InChI is InChI=1S/C21H25N5O/c1-14-15(2)26(25-12-8-5-9-13-25)21-18(14)20(22-16(3)27)23-19(24-21)17-10-6-4-7-11-17/h4,6-7,10-11H,5,8-9,12-13H2,1-3H3,(H,22,23,24,27). The van der Waals surface area contributed by atoms with Crippen molar-refractivity contribution in [1.29, 1.82) is 0 Å². The van der Waals surface area contributed by atoms with Gasteiger partial charge in [-0.2, -0.15) is 0 Å². The second-order valence-corrected chi connectivity index (χ2v) is 7.18. The Bertz CT molecular complexity index is 987. The van der Waals surface area contributed by atoms with Gasteiger partial charge in [0, 0.05) is 31.3 Å². The smallest absolute Gasteiger partial charge is 0.222 e. The minimum absolute atomic E-state index is 0.128. The molecule has 2 aromatic heterocycles. The molecule has 0 radical (unpaired) electrons. The van der Waals surface area contributed by atoms with E-state index in [4.69, 9.17) is 9.97 Å². The van der Waals surface area contributed by atoms with Crippen LogP contribution in [-0.2, 0) is 4.79 Å². The van der Waals surface area contributed by atoms with E-state index in [0.29, 0.717) is 11.6 Å². The minimum Gasteiger partial charge on any atom is -0.311 e. The molecule has 1 aliphatic heterocycles. The average Bonchev–Trinajstić information content (AvgIpc) is 2.93. The second kappa shape index (κ2) is 7.02. The molecule has 140 valence electrons. The number of nitrogens with one attached hydrogen (secondary N) is 1. The number of carbonyl (C=O) groups is 1. The van der Waals surface area contributed by atoms with Crippen molar-refractivity contribution in [2.75, 3.05) is 23.4 Å². The van der Waals surface area contributed by atoms with Crippen molar-refractivity contribution in [3.63, 3.8) is 0 Å². The van der Waals surface area contributed by atoms with Gasteiger partial charge in [0.2, 0.25) is 5.91 Å². The van der Waals surface area contributed by atoms with Crippen LogP contribution in [0.15, 0.2) is 30.3 Å². The highest BCUT2D eigenvalue weighted by Crippen LogP contribution is 2.32. The molecule has 1 saturated heterocycles. The average molecular weight is 363 g/mol. The predicted octanol–water partition coefficient (Wildman–Crippen LogP) is 3.80. The predicted molar refractivity (Wildman–Crippen MR) is 109 cm³/mol. The zero-order chi connectivity index (χ0) is 19.0. The summed E-state index contributed by atoms with van der Waals surface area (Å²) >= 11 is 0. The van der Waals surface area contributed by atoms with Gasteiger partial charge in [-0.3, -0.25) is 4.79 Å². The Hall–Kier alpha value is -2.89. The third-order valence-electron chi connectivity index (χ3n) is 5.27. The van der Waals surface area contributed by atoms with Crippen LogP contribution in [0.25, 0.3) is 22.4 Å². The van der Waals surface area contributed by atoms with Gasteiger partial charge < -0.3 is 10.3 Å². The highest BCUT2D eigenvalue weighted by atomic mass is 16.1. The molecule has 6 nitrogen and oxygen atoms in total. The quantitative estimate of drug-likeness (QED) is 0.769. The van der Waals surface area contributed by atoms with Crippen LogP contribution in [0.2, 0.25) is 0 Å². The molecule has 0 aliphatic carbocycles. The number of amides is 1. The maximum Gasteiger partial charge on any atom is 0.222 e. The number of nitrogens with zero attached hydrogens (tertiary/aromatic N) is 4. The van der Waals surface area contributed by atoms with Crippen molar-refractivity contribution >= 4 is 22.8 Å². The first-order valence-corrected chi connectivity index (χ1v) is 9.54. The summed E-state index contributed by atoms with van der Waals surface area (Å²) in [4.78, 5) is 21.4. The molecule has 1 aliphatic rings. The molecule has 1 aromatic carbocycles. The molecule has 0 saturated carbocycles. The van der Waals surface area contributed by atoms with E-state index in [1.54, 1.807) is 0 Å². The fourth-order valence-corrected chi connectivity index (χ4v) is 3.84. The van der Waals surface area contributed by atoms with Gasteiger partial charge in [-0.05, 0) is 38.7 Å². The van der Waals surface area contributed by atoms with Gasteiger partial charge in [-0.25, -0.2) is 14.6 Å². The number of benzene rings is 1. The number of carbonyl (C=O) groups excluding carboxylic acids is 1. The summed E-state index contributed by atoms with van der Waals surface area (Å²) in [7, 11) is 0. The number of rotatable bonds is 3. The topological polar surface area (TPSA) is 63.1 Å². The van der Waals surface area contributed by atoms with Crippen LogP contribution in [-0.4, -0.2) is 33.6 Å². The summed E-state index contributed by atoms with van der Waals surface area (Å²) in [5.74, 6) is 1.09. The number of piperidine rings is 1. The van der Waals surface area contributed by atoms with E-state index < -0.39 is 0 Å². The molecule has 1 N–H and O–H groups in total. The van der Waals surface area contributed by atoms with Gasteiger partial charge in [0.1, 0.15) is 5.82 Å². The minimum atomic E-state index is -0.128. The fraction of sp³-hybridized carbons (Fsp3) is 0.381. The van der Waals surface area contributed by atoms with Gasteiger partial charge in [0.05, 0.1) is 5.39 Å². The molecule has 0 unspecified atom stereocenters. The summed E-state index contributed by atoms with van der Waals surface area (Å²) in [5.41, 5.74) is 4.06. The van der Waals surface area contributed by atoms with Crippen molar-refractivity contribution in [3.8, 4) is 11.4 Å². The number of aryl methyl sites for hydroxylation is 1. The number of anilines is 1. The van der Waals surface area contributed by atoms with Crippen LogP contribution in [0.1, 0.15) is 37.4 Å². The molecule has 0 bridgehead atoms. The first-order chi connectivity index (χ1) is 13.1. The monoisotopic (exact) mass is 363 g/mol. The van der Waals surface area contributed by atoms with E-state index in [9.17, 15) is 4.79 Å². The van der Waals surface area contributed by atoms with E-state index in [1.165, 1.54) is 26.2 Å². The molecule has 0 atom stereocenters. The highest BCUT2D eigenvalue weighted by Gasteiger charge is 2.23. The largest absolute Gasteiger partial charge is 0.311 e.